The summed E-state index contributed by atoms with van der Waals surface area (Å²) in [6.07, 6.45) is 4.99. The Balaban J connectivity index is 0.000000165. The number of nitrogens with one attached hydrogen (secondary N) is 2. The fourth-order valence-corrected chi connectivity index (χ4v) is 4.91. The maximum absolute atomic E-state index is 11.8. The van der Waals surface area contributed by atoms with E-state index >= 15 is 0 Å². The zero-order valence-electron chi connectivity index (χ0n) is 22.6. The maximum Gasteiger partial charge on any atom is 0.276 e. The maximum atomic E-state index is 11.8. The van der Waals surface area contributed by atoms with E-state index in [-0.39, 0.29) is 0 Å². The molecule has 1 amide bonds. The minimum Gasteiger partial charge on any atom is -0.364 e. The first-order chi connectivity index (χ1) is 19.8. The van der Waals surface area contributed by atoms with Crippen LogP contribution in [-0.4, -0.2) is 68.2 Å². The molecule has 11 heteroatoms. The van der Waals surface area contributed by atoms with Crippen molar-refractivity contribution in [1.82, 2.24) is 24.6 Å². The number of carbonyl (C=O) groups is 1. The van der Waals surface area contributed by atoms with Crippen molar-refractivity contribution in [3.8, 4) is 0 Å². The molecular weight excluding hydrogens is 561 g/mol. The molecule has 5 aromatic rings. The Hall–Kier alpha value is -4.02. The smallest absolute Gasteiger partial charge is 0.276 e. The predicted molar refractivity (Wildman–Crippen MR) is 163 cm³/mol. The first-order valence-corrected chi connectivity index (χ1v) is 13.7. The second-order valence-electron chi connectivity index (χ2n) is 9.85. The minimum atomic E-state index is -1.50. The van der Waals surface area contributed by atoms with Gasteiger partial charge in [-0.1, -0.05) is 47.5 Å². The lowest BCUT2D eigenvalue weighted by Crippen LogP contribution is -2.24. The van der Waals surface area contributed by atoms with E-state index in [0.717, 1.165) is 19.5 Å². The minimum absolute atomic E-state index is 0.420. The molecule has 41 heavy (non-hydrogen) atoms. The number of anilines is 1. The number of hydrogen-bond donors (Lipinski definition) is 3. The quantitative estimate of drug-likeness (QED) is 0.258. The van der Waals surface area contributed by atoms with Crippen LogP contribution in [-0.2, 0) is 17.8 Å². The van der Waals surface area contributed by atoms with Crippen molar-refractivity contribution in [2.45, 2.75) is 19.2 Å². The standard InChI is InChI=1S/C15H10Cl2N2O2.C15H19N5/c16-8-5-6-12-10(7-8)13(19-15(21)14(20)18-12)9-3-1-2-4-11(9)17;1-19(2)6-5-13-8-17-15-4-3-12(7-14(13)15)9-20-11-16-10-18-20/h1-7,15,21H,(H,18,20);3-4,7-8,10-11,17H,5-6,9H2,1-2H3. The fourth-order valence-electron chi connectivity index (χ4n) is 4.51. The molecule has 0 aliphatic carbocycles. The molecule has 210 valence electrons. The van der Waals surface area contributed by atoms with Gasteiger partial charge in [0.05, 0.1) is 17.9 Å². The number of hydrogen-bond acceptors (Lipinski definition) is 6. The van der Waals surface area contributed by atoms with Gasteiger partial charge in [-0.3, -0.25) is 4.79 Å². The number of benzene rings is 3. The first kappa shape index (κ1) is 28.5. The van der Waals surface area contributed by atoms with Crippen molar-refractivity contribution in [2.75, 3.05) is 26.0 Å². The molecule has 1 unspecified atom stereocenters. The molecule has 9 nitrogen and oxygen atoms in total. The van der Waals surface area contributed by atoms with Crippen LogP contribution in [0.1, 0.15) is 22.3 Å². The number of H-pyrrole nitrogens is 1. The van der Waals surface area contributed by atoms with E-state index in [9.17, 15) is 9.90 Å². The van der Waals surface area contributed by atoms with Crippen LogP contribution < -0.4 is 5.32 Å². The molecule has 1 aliphatic heterocycles. The van der Waals surface area contributed by atoms with Crippen LogP contribution in [0.3, 0.4) is 0 Å². The summed E-state index contributed by atoms with van der Waals surface area (Å²) in [7, 11) is 4.20. The van der Waals surface area contributed by atoms with Crippen LogP contribution in [0.2, 0.25) is 10.0 Å². The van der Waals surface area contributed by atoms with Crippen LogP contribution in [0.4, 0.5) is 5.69 Å². The van der Waals surface area contributed by atoms with Gasteiger partial charge >= 0.3 is 0 Å². The molecule has 3 N–H and O–H groups in total. The number of aliphatic hydroxyl groups is 1. The second kappa shape index (κ2) is 12.7. The molecule has 2 aromatic heterocycles. The van der Waals surface area contributed by atoms with Crippen molar-refractivity contribution < 1.29 is 9.90 Å². The lowest BCUT2D eigenvalue weighted by atomic mass is 10.0. The Morgan fingerprint density at radius 1 is 1.05 bits per heavy atom. The van der Waals surface area contributed by atoms with Crippen molar-refractivity contribution >= 4 is 51.4 Å². The zero-order valence-corrected chi connectivity index (χ0v) is 24.1. The van der Waals surface area contributed by atoms with Crippen LogP contribution in [0.15, 0.2) is 84.5 Å². The third-order valence-corrected chi connectivity index (χ3v) is 7.15. The number of aromatic nitrogens is 4. The van der Waals surface area contributed by atoms with Gasteiger partial charge in [0.25, 0.3) is 5.91 Å². The van der Waals surface area contributed by atoms with Gasteiger partial charge in [-0.25, -0.2) is 14.7 Å². The number of benzodiazepines with no additional fused rings is 1. The summed E-state index contributed by atoms with van der Waals surface area (Å²) in [4.78, 5) is 25.4. The number of rotatable bonds is 6. The summed E-state index contributed by atoms with van der Waals surface area (Å²) < 4.78 is 1.84. The fraction of sp³-hybridized carbons (Fsp3) is 0.200. The Morgan fingerprint density at radius 2 is 1.88 bits per heavy atom. The predicted octanol–water partition coefficient (Wildman–Crippen LogP) is 5.01. The van der Waals surface area contributed by atoms with Gasteiger partial charge in [-0.2, -0.15) is 5.10 Å². The van der Waals surface area contributed by atoms with Crippen molar-refractivity contribution in [3.63, 3.8) is 0 Å². The molecule has 0 bridgehead atoms. The van der Waals surface area contributed by atoms with Gasteiger partial charge in [0.2, 0.25) is 6.23 Å². The number of nitrogens with zero attached hydrogens (tertiary/aromatic N) is 5. The van der Waals surface area contributed by atoms with Crippen LogP contribution in [0.5, 0.6) is 0 Å². The molecule has 6 rings (SSSR count). The highest BCUT2D eigenvalue weighted by molar-refractivity contribution is 6.36. The van der Waals surface area contributed by atoms with E-state index in [1.807, 2.05) is 4.68 Å². The highest BCUT2D eigenvalue weighted by atomic mass is 35.5. The molecular formula is C30H29Cl2N7O2. The number of likely N-dealkylation sites (N-methyl/N-ethyl adjacent to an activating group) is 1. The van der Waals surface area contributed by atoms with Gasteiger partial charge in [0, 0.05) is 44.8 Å². The average molecular weight is 591 g/mol. The zero-order chi connectivity index (χ0) is 28.9. The number of aromatic amines is 1. The largest absolute Gasteiger partial charge is 0.364 e. The highest BCUT2D eigenvalue weighted by Gasteiger charge is 2.25. The Bertz CT molecular complexity index is 1700. The molecule has 3 aromatic carbocycles. The number of aliphatic imine (C=N–C) groups is 1. The molecule has 0 spiro atoms. The van der Waals surface area contributed by atoms with Crippen LogP contribution >= 0.6 is 23.2 Å². The molecule has 1 atom stereocenters. The summed E-state index contributed by atoms with van der Waals surface area (Å²) in [5.74, 6) is -0.597. The normalized spacial score (nSPS) is 14.6. The van der Waals surface area contributed by atoms with E-state index in [0.29, 0.717) is 32.6 Å². The summed E-state index contributed by atoms with van der Waals surface area (Å²) in [6.45, 7) is 1.81. The Labute approximate surface area is 247 Å². The lowest BCUT2D eigenvalue weighted by molar-refractivity contribution is -0.123. The average Bonchev–Trinajstić information content (AvgIpc) is 3.59. The number of fused-ring (bicyclic) bond motifs is 2. The van der Waals surface area contributed by atoms with Gasteiger partial charge in [-0.05, 0) is 68.0 Å². The molecule has 0 saturated carbocycles. The Morgan fingerprint density at radius 3 is 2.63 bits per heavy atom. The molecule has 3 heterocycles. The summed E-state index contributed by atoms with van der Waals surface area (Å²) in [5, 5.41) is 18.9. The van der Waals surface area contributed by atoms with Gasteiger partial charge in [0.15, 0.2) is 0 Å². The van der Waals surface area contributed by atoms with Crippen LogP contribution in [0.25, 0.3) is 10.9 Å². The summed E-state index contributed by atoms with van der Waals surface area (Å²) >= 11 is 12.2. The Kier molecular flexibility index (Phi) is 8.80. The summed E-state index contributed by atoms with van der Waals surface area (Å²) in [6, 6.07) is 18.6. The van der Waals surface area contributed by atoms with Gasteiger partial charge < -0.3 is 20.3 Å². The van der Waals surface area contributed by atoms with Crippen molar-refractivity contribution in [1.29, 1.82) is 0 Å². The van der Waals surface area contributed by atoms with E-state index in [1.54, 1.807) is 55.1 Å². The summed E-state index contributed by atoms with van der Waals surface area (Å²) in [5.41, 5.74) is 5.99. The number of aliphatic hydroxyl groups excluding tert-OH is 1. The third-order valence-electron chi connectivity index (χ3n) is 6.58. The van der Waals surface area contributed by atoms with Gasteiger partial charge in [0.1, 0.15) is 12.7 Å². The van der Waals surface area contributed by atoms with E-state index in [4.69, 9.17) is 23.2 Å². The molecule has 0 fully saturated rings. The third kappa shape index (κ3) is 6.83. The highest BCUT2D eigenvalue weighted by Crippen LogP contribution is 2.29. The number of carbonyl (C=O) groups excluding carboxylic acids is 1. The molecule has 0 radical (unpaired) electrons. The number of amides is 1. The van der Waals surface area contributed by atoms with Crippen molar-refractivity contribution in [2.24, 2.45) is 4.99 Å². The van der Waals surface area contributed by atoms with E-state index in [1.165, 1.54) is 22.0 Å². The van der Waals surface area contributed by atoms with Crippen molar-refractivity contribution in [3.05, 3.63) is 112 Å². The molecule has 1 aliphatic rings. The van der Waals surface area contributed by atoms with Crippen LogP contribution in [0, 0.1) is 0 Å². The molecule has 0 saturated heterocycles. The lowest BCUT2D eigenvalue weighted by Gasteiger charge is -2.11. The second-order valence-corrected chi connectivity index (χ2v) is 10.7. The topological polar surface area (TPSA) is 111 Å². The first-order valence-electron chi connectivity index (χ1n) is 13.0. The van der Waals surface area contributed by atoms with E-state index in [2.05, 4.69) is 68.8 Å². The number of halogens is 2. The van der Waals surface area contributed by atoms with Gasteiger partial charge in [-0.15, -0.1) is 0 Å². The monoisotopic (exact) mass is 589 g/mol. The SMILES string of the molecule is CN(C)CCc1c[nH]c2ccc(Cn3cncn3)cc12.O=C1Nc2ccc(Cl)cc2C(c2ccccc2Cl)=NC1O. The van der Waals surface area contributed by atoms with E-state index < -0.39 is 12.1 Å².